The number of furan rings is 1. The topological polar surface area (TPSA) is 59.1 Å². The van der Waals surface area contributed by atoms with Gasteiger partial charge in [0.2, 0.25) is 0 Å². The molecule has 3 heterocycles. The first-order chi connectivity index (χ1) is 26.2. The second-order valence-electron chi connectivity index (χ2n) is 13.7. The van der Waals surface area contributed by atoms with E-state index >= 15 is 0 Å². The first-order valence-corrected chi connectivity index (χ1v) is 18.0. The zero-order chi connectivity index (χ0) is 34.9. The van der Waals surface area contributed by atoms with Crippen LogP contribution < -0.4 is 10.1 Å². The van der Waals surface area contributed by atoms with E-state index in [1.165, 1.54) is 16.2 Å². The van der Waals surface area contributed by atoms with Crippen LogP contribution in [0.25, 0.3) is 54.6 Å². The molecule has 0 saturated carbocycles. The van der Waals surface area contributed by atoms with Crippen molar-refractivity contribution in [2.75, 3.05) is 0 Å². The van der Waals surface area contributed by atoms with Crippen molar-refractivity contribution in [1.82, 2.24) is 5.32 Å². The van der Waals surface area contributed by atoms with E-state index in [-0.39, 0.29) is 12.3 Å². The van der Waals surface area contributed by atoms with Gasteiger partial charge in [-0.05, 0) is 86.3 Å². The van der Waals surface area contributed by atoms with E-state index in [1.807, 2.05) is 24.3 Å². The van der Waals surface area contributed by atoms with Crippen LogP contribution in [0.2, 0.25) is 0 Å². The molecule has 8 aromatic rings. The molecule has 0 spiro atoms. The number of hydrogen-bond acceptors (Lipinski definition) is 5. The molecule has 5 nitrogen and oxygen atoms in total. The average Bonchev–Trinajstić information content (AvgIpc) is 3.50. The van der Waals surface area contributed by atoms with Gasteiger partial charge in [0.05, 0.1) is 0 Å². The van der Waals surface area contributed by atoms with Crippen molar-refractivity contribution in [2.45, 2.75) is 12.3 Å². The van der Waals surface area contributed by atoms with E-state index < -0.39 is 0 Å². The van der Waals surface area contributed by atoms with Crippen molar-refractivity contribution in [3.05, 3.63) is 198 Å². The minimum Gasteiger partial charge on any atom is -0.482 e. The Kier molecular flexibility index (Phi) is 6.61. The molecule has 2 atom stereocenters. The number of hydrogen-bond donors (Lipinski definition) is 1. The number of nitrogens with zero attached hydrogens (tertiary/aromatic N) is 2. The molecule has 2 unspecified atom stereocenters. The maximum absolute atomic E-state index is 6.59. The van der Waals surface area contributed by atoms with Gasteiger partial charge in [0, 0.05) is 27.5 Å². The summed E-state index contributed by atoms with van der Waals surface area (Å²) in [6, 6.07) is 50.7. The highest BCUT2D eigenvalue weighted by atomic mass is 16.5. The van der Waals surface area contributed by atoms with Crippen LogP contribution in [0.4, 0.5) is 0 Å². The third-order valence-corrected chi connectivity index (χ3v) is 10.5. The summed E-state index contributed by atoms with van der Waals surface area (Å²) in [5, 5.41) is 10.8. The predicted molar refractivity (Wildman–Crippen MR) is 217 cm³/mol. The molecule has 0 radical (unpaired) electrons. The highest BCUT2D eigenvalue weighted by Gasteiger charge is 2.30. The Morgan fingerprint density at radius 1 is 0.585 bits per heavy atom. The molecule has 1 aliphatic carbocycles. The molecule has 0 fully saturated rings. The fourth-order valence-corrected chi connectivity index (χ4v) is 8.02. The summed E-state index contributed by atoms with van der Waals surface area (Å²) in [5.41, 5.74) is 8.97. The minimum absolute atomic E-state index is 0.194. The van der Waals surface area contributed by atoms with Gasteiger partial charge in [-0.2, -0.15) is 0 Å². The standard InChI is InChI=1S/C48H31N3O2/c1-2-11-30(12-3-1)46-49-47(33-23-24-37-31(26-33)21-20-29-10-4-5-14-35(29)37)51-48(50-46)40-17-9-19-43-45(40)41-28-34(52-43)13-8-16-36(41)32-22-25-39-38-15-6-7-18-42(38)53-44(39)27-32/h1-28,34,46H,(H,49,50,51). The van der Waals surface area contributed by atoms with Crippen LogP contribution in [0.15, 0.2) is 184 Å². The molecule has 2 bridgehead atoms. The monoisotopic (exact) mass is 681 g/mol. The summed E-state index contributed by atoms with van der Waals surface area (Å²) in [6.45, 7) is 0. The number of benzene rings is 7. The fraction of sp³-hybridized carbons (Fsp3) is 0.0417. The number of nitrogens with one attached hydrogen (secondary N) is 1. The van der Waals surface area contributed by atoms with Crippen molar-refractivity contribution in [3.8, 4) is 5.75 Å². The van der Waals surface area contributed by atoms with E-state index in [1.54, 1.807) is 0 Å². The van der Waals surface area contributed by atoms with Gasteiger partial charge in [0.15, 0.2) is 5.84 Å². The van der Waals surface area contributed by atoms with Gasteiger partial charge in [-0.25, -0.2) is 9.98 Å². The average molecular weight is 682 g/mol. The van der Waals surface area contributed by atoms with Crippen LogP contribution in [0.3, 0.4) is 0 Å². The Morgan fingerprint density at radius 3 is 2.30 bits per heavy atom. The first-order valence-electron chi connectivity index (χ1n) is 18.0. The molecule has 7 aromatic carbocycles. The van der Waals surface area contributed by atoms with Gasteiger partial charge >= 0.3 is 0 Å². The normalized spacial score (nSPS) is 17.7. The predicted octanol–water partition coefficient (Wildman–Crippen LogP) is 11.2. The molecular formula is C48H31N3O2. The number of para-hydroxylation sites is 1. The highest BCUT2D eigenvalue weighted by Crippen LogP contribution is 2.45. The smallest absolute Gasteiger partial charge is 0.159 e. The van der Waals surface area contributed by atoms with Crippen molar-refractivity contribution in [2.24, 2.45) is 9.98 Å². The van der Waals surface area contributed by atoms with Gasteiger partial charge in [0.25, 0.3) is 0 Å². The number of fused-ring (bicyclic) bond motifs is 9. The van der Waals surface area contributed by atoms with Crippen molar-refractivity contribution in [1.29, 1.82) is 0 Å². The molecule has 2 aliphatic heterocycles. The summed E-state index contributed by atoms with van der Waals surface area (Å²) >= 11 is 0. The Morgan fingerprint density at radius 2 is 1.36 bits per heavy atom. The van der Waals surface area contributed by atoms with Gasteiger partial charge in [0.1, 0.15) is 35.0 Å². The lowest BCUT2D eigenvalue weighted by atomic mass is 9.86. The van der Waals surface area contributed by atoms with Crippen LogP contribution in [0, 0.1) is 0 Å². The summed E-state index contributed by atoms with van der Waals surface area (Å²) in [4.78, 5) is 10.5. The maximum Gasteiger partial charge on any atom is 0.159 e. The summed E-state index contributed by atoms with van der Waals surface area (Å²) < 4.78 is 12.9. The van der Waals surface area contributed by atoms with Gasteiger partial charge in [-0.15, -0.1) is 0 Å². The second kappa shape index (κ2) is 11.8. The summed E-state index contributed by atoms with van der Waals surface area (Å²) in [5.74, 6) is 2.23. The van der Waals surface area contributed by atoms with Gasteiger partial charge in [-0.3, -0.25) is 0 Å². The summed E-state index contributed by atoms with van der Waals surface area (Å²) in [6.07, 6.45) is 8.05. The van der Waals surface area contributed by atoms with Crippen molar-refractivity contribution in [3.63, 3.8) is 0 Å². The maximum atomic E-state index is 6.59. The second-order valence-corrected chi connectivity index (χ2v) is 13.7. The number of rotatable bonds is 4. The van der Waals surface area contributed by atoms with Crippen LogP contribution in [-0.2, 0) is 0 Å². The molecule has 3 aliphatic rings. The lowest BCUT2D eigenvalue weighted by Crippen LogP contribution is -2.34. The highest BCUT2D eigenvalue weighted by molar-refractivity contribution is 6.19. The van der Waals surface area contributed by atoms with Crippen LogP contribution >= 0.6 is 0 Å². The Hall–Kier alpha value is -6.98. The van der Waals surface area contributed by atoms with E-state index in [2.05, 4.69) is 151 Å². The van der Waals surface area contributed by atoms with E-state index in [4.69, 9.17) is 19.1 Å². The van der Waals surface area contributed by atoms with Crippen molar-refractivity contribution >= 4 is 66.3 Å². The van der Waals surface area contributed by atoms with Crippen LogP contribution in [0.5, 0.6) is 5.75 Å². The zero-order valence-electron chi connectivity index (χ0n) is 28.5. The number of ether oxygens (including phenoxy) is 1. The van der Waals surface area contributed by atoms with Crippen molar-refractivity contribution < 1.29 is 9.15 Å². The molecule has 0 saturated heterocycles. The quantitative estimate of drug-likeness (QED) is 0.188. The number of aliphatic imine (C=N–C) groups is 2. The molecule has 0 amide bonds. The van der Waals surface area contributed by atoms with E-state index in [0.29, 0.717) is 5.84 Å². The SMILES string of the molecule is C1=CC2C=C(C(c3ccc4c(c3)oc3ccccc34)=C1)c1c(cccc1C1=NC(c3ccc4c(ccc5ccccc54)c3)=NC(c3ccccc3)N1)O2. The fourth-order valence-electron chi connectivity index (χ4n) is 8.02. The van der Waals surface area contributed by atoms with Crippen LogP contribution in [-0.4, -0.2) is 17.8 Å². The zero-order valence-corrected chi connectivity index (χ0v) is 28.5. The van der Waals surface area contributed by atoms with Gasteiger partial charge < -0.3 is 14.5 Å². The van der Waals surface area contributed by atoms with E-state index in [0.717, 1.165) is 77.9 Å². The lowest BCUT2D eigenvalue weighted by Gasteiger charge is -2.29. The molecule has 53 heavy (non-hydrogen) atoms. The Balaban J connectivity index is 1.05. The largest absolute Gasteiger partial charge is 0.482 e. The Bertz CT molecular complexity index is 2960. The molecule has 11 rings (SSSR count). The lowest BCUT2D eigenvalue weighted by molar-refractivity contribution is 0.292. The third kappa shape index (κ3) is 4.93. The third-order valence-electron chi connectivity index (χ3n) is 10.5. The number of amidine groups is 2. The molecular weight excluding hydrogens is 651 g/mol. The number of allylic oxidation sites excluding steroid dienone is 4. The minimum atomic E-state index is -0.339. The molecule has 250 valence electrons. The molecule has 1 aromatic heterocycles. The van der Waals surface area contributed by atoms with Gasteiger partial charge in [-0.1, -0.05) is 127 Å². The molecule has 1 N–H and O–H groups in total. The Labute approximate surface area is 305 Å². The molecule has 5 heteroatoms. The van der Waals surface area contributed by atoms with Crippen LogP contribution in [0.1, 0.15) is 34.0 Å². The first kappa shape index (κ1) is 29.7. The van der Waals surface area contributed by atoms with E-state index in [9.17, 15) is 0 Å². The summed E-state index contributed by atoms with van der Waals surface area (Å²) in [7, 11) is 0.